The molecule has 0 saturated carbocycles. The first-order valence-corrected chi connectivity index (χ1v) is 5.66. The molecule has 1 aromatic rings. The number of hydrogen-bond donors (Lipinski definition) is 2. The molecule has 0 spiro atoms. The summed E-state index contributed by atoms with van der Waals surface area (Å²) in [5.41, 5.74) is -0.00575. The Morgan fingerprint density at radius 3 is 2.84 bits per heavy atom. The van der Waals surface area contributed by atoms with E-state index in [0.29, 0.717) is 6.54 Å². The summed E-state index contributed by atoms with van der Waals surface area (Å²) >= 11 is 0. The SMILES string of the molecule is CCCNC(=O)/C(C#N)=C/c1c(C(=O)O)cnn1C. The first kappa shape index (κ1) is 14.4. The number of carboxylic acids is 1. The van der Waals surface area contributed by atoms with Gasteiger partial charge in [-0.3, -0.25) is 9.48 Å². The number of nitriles is 1. The summed E-state index contributed by atoms with van der Waals surface area (Å²) in [7, 11) is 1.54. The van der Waals surface area contributed by atoms with Crippen molar-refractivity contribution in [1.29, 1.82) is 5.26 Å². The van der Waals surface area contributed by atoms with Crippen molar-refractivity contribution < 1.29 is 14.7 Å². The van der Waals surface area contributed by atoms with Crippen LogP contribution in [0.2, 0.25) is 0 Å². The predicted octanol–water partition coefficient (Wildman–Crippen LogP) is 0.551. The minimum absolute atomic E-state index is 0.0569. The molecule has 7 heteroatoms. The Labute approximate surface area is 110 Å². The maximum absolute atomic E-state index is 11.7. The molecule has 1 aromatic heterocycles. The summed E-state index contributed by atoms with van der Waals surface area (Å²) in [6, 6.07) is 1.76. The molecular formula is C12H14N4O3. The minimum Gasteiger partial charge on any atom is -0.478 e. The largest absolute Gasteiger partial charge is 0.478 e. The molecular weight excluding hydrogens is 248 g/mol. The van der Waals surface area contributed by atoms with Crippen LogP contribution in [0.4, 0.5) is 0 Å². The van der Waals surface area contributed by atoms with Crippen molar-refractivity contribution in [2.45, 2.75) is 13.3 Å². The van der Waals surface area contributed by atoms with Gasteiger partial charge in [0, 0.05) is 13.6 Å². The summed E-state index contributed by atoms with van der Waals surface area (Å²) < 4.78 is 1.30. The fourth-order valence-electron chi connectivity index (χ4n) is 1.40. The zero-order valence-corrected chi connectivity index (χ0v) is 10.7. The number of carbonyl (C=O) groups excluding carboxylic acids is 1. The third-order valence-corrected chi connectivity index (χ3v) is 2.40. The molecule has 1 amide bonds. The maximum Gasteiger partial charge on any atom is 0.339 e. The molecule has 0 aromatic carbocycles. The van der Waals surface area contributed by atoms with E-state index in [-0.39, 0.29) is 16.8 Å². The number of amides is 1. The van der Waals surface area contributed by atoms with Crippen molar-refractivity contribution in [2.75, 3.05) is 6.54 Å². The Balaban J connectivity index is 3.12. The Morgan fingerprint density at radius 1 is 1.63 bits per heavy atom. The standard InChI is InChI=1S/C12H14N4O3/c1-3-4-14-11(17)8(6-13)5-10-9(12(18)19)7-15-16(10)2/h5,7H,3-4H2,1-2H3,(H,14,17)(H,18,19)/b8-5+. The second-order valence-electron chi connectivity index (χ2n) is 3.80. The number of hydrogen-bond acceptors (Lipinski definition) is 4. The van der Waals surface area contributed by atoms with Crippen LogP contribution < -0.4 is 5.32 Å². The van der Waals surface area contributed by atoms with Crippen molar-refractivity contribution in [2.24, 2.45) is 7.05 Å². The Morgan fingerprint density at radius 2 is 2.32 bits per heavy atom. The molecule has 0 saturated heterocycles. The Bertz CT molecular complexity index is 566. The van der Waals surface area contributed by atoms with E-state index in [1.807, 2.05) is 6.92 Å². The summed E-state index contributed by atoms with van der Waals surface area (Å²) in [6.07, 6.45) is 3.14. The van der Waals surface area contributed by atoms with E-state index in [9.17, 15) is 9.59 Å². The molecule has 0 fully saturated rings. The summed E-state index contributed by atoms with van der Waals surface area (Å²) in [5, 5.41) is 24.3. The lowest BCUT2D eigenvalue weighted by atomic mass is 10.1. The first-order valence-electron chi connectivity index (χ1n) is 5.66. The first-order chi connectivity index (χ1) is 9.01. The number of carboxylic acid groups (broad SMARTS) is 1. The van der Waals surface area contributed by atoms with Crippen molar-refractivity contribution in [3.8, 4) is 6.07 Å². The molecule has 0 aliphatic heterocycles. The van der Waals surface area contributed by atoms with Gasteiger partial charge >= 0.3 is 5.97 Å². The maximum atomic E-state index is 11.7. The molecule has 19 heavy (non-hydrogen) atoms. The van der Waals surface area contributed by atoms with Gasteiger partial charge in [0.1, 0.15) is 17.2 Å². The van der Waals surface area contributed by atoms with Crippen molar-refractivity contribution in [3.05, 3.63) is 23.0 Å². The van der Waals surface area contributed by atoms with Crippen LogP contribution in [0, 0.1) is 11.3 Å². The van der Waals surface area contributed by atoms with E-state index < -0.39 is 11.9 Å². The fourth-order valence-corrected chi connectivity index (χ4v) is 1.40. The molecule has 2 N–H and O–H groups in total. The van der Waals surface area contributed by atoms with Gasteiger partial charge in [-0.05, 0) is 12.5 Å². The highest BCUT2D eigenvalue weighted by atomic mass is 16.4. The Kier molecular flexibility index (Phi) is 4.83. The summed E-state index contributed by atoms with van der Waals surface area (Å²) in [5.74, 6) is -1.69. The molecule has 0 unspecified atom stereocenters. The molecule has 0 aliphatic rings. The summed E-state index contributed by atoms with van der Waals surface area (Å²) in [4.78, 5) is 22.7. The lowest BCUT2D eigenvalue weighted by Gasteiger charge is -2.02. The third kappa shape index (κ3) is 3.42. The number of carbonyl (C=O) groups is 2. The van der Waals surface area contributed by atoms with E-state index in [1.165, 1.54) is 24.0 Å². The number of aryl methyl sites for hydroxylation is 1. The average molecular weight is 262 g/mol. The third-order valence-electron chi connectivity index (χ3n) is 2.40. The number of aromatic carboxylic acids is 1. The van der Waals surface area contributed by atoms with E-state index >= 15 is 0 Å². The lowest BCUT2D eigenvalue weighted by molar-refractivity contribution is -0.117. The normalized spacial score (nSPS) is 10.9. The van der Waals surface area contributed by atoms with E-state index in [0.717, 1.165) is 6.42 Å². The quantitative estimate of drug-likeness (QED) is 0.595. The molecule has 0 radical (unpaired) electrons. The van der Waals surface area contributed by atoms with Crippen LogP contribution in [0.1, 0.15) is 29.4 Å². The molecule has 100 valence electrons. The van der Waals surface area contributed by atoms with Gasteiger partial charge < -0.3 is 10.4 Å². The van der Waals surface area contributed by atoms with Crippen LogP contribution in [0.5, 0.6) is 0 Å². The number of aromatic nitrogens is 2. The van der Waals surface area contributed by atoms with Crippen LogP contribution in [0.25, 0.3) is 6.08 Å². The zero-order chi connectivity index (χ0) is 14.4. The molecule has 1 heterocycles. The number of nitrogens with one attached hydrogen (secondary N) is 1. The van der Waals surface area contributed by atoms with Crippen LogP contribution in [-0.2, 0) is 11.8 Å². The lowest BCUT2D eigenvalue weighted by Crippen LogP contribution is -2.25. The monoisotopic (exact) mass is 262 g/mol. The van der Waals surface area contributed by atoms with E-state index in [2.05, 4.69) is 10.4 Å². The highest BCUT2D eigenvalue weighted by molar-refractivity contribution is 6.03. The topological polar surface area (TPSA) is 108 Å². The predicted molar refractivity (Wildman–Crippen MR) is 67.1 cm³/mol. The molecule has 7 nitrogen and oxygen atoms in total. The fraction of sp³-hybridized carbons (Fsp3) is 0.333. The smallest absolute Gasteiger partial charge is 0.339 e. The van der Waals surface area contributed by atoms with Crippen molar-refractivity contribution >= 4 is 18.0 Å². The highest BCUT2D eigenvalue weighted by Gasteiger charge is 2.16. The molecule has 1 rings (SSSR count). The molecule has 0 bridgehead atoms. The highest BCUT2D eigenvalue weighted by Crippen LogP contribution is 2.12. The minimum atomic E-state index is -1.16. The Hall–Kier alpha value is -2.62. The van der Waals surface area contributed by atoms with E-state index in [1.54, 1.807) is 6.07 Å². The van der Waals surface area contributed by atoms with Gasteiger partial charge in [-0.2, -0.15) is 10.4 Å². The zero-order valence-electron chi connectivity index (χ0n) is 10.7. The molecule has 0 atom stereocenters. The van der Waals surface area contributed by atoms with Gasteiger partial charge in [0.15, 0.2) is 0 Å². The van der Waals surface area contributed by atoms with E-state index in [4.69, 9.17) is 10.4 Å². The van der Waals surface area contributed by atoms with Crippen molar-refractivity contribution in [3.63, 3.8) is 0 Å². The van der Waals surface area contributed by atoms with Crippen LogP contribution in [-0.4, -0.2) is 33.3 Å². The average Bonchev–Trinajstić information content (AvgIpc) is 2.74. The van der Waals surface area contributed by atoms with Gasteiger partial charge in [0.25, 0.3) is 5.91 Å². The van der Waals surface area contributed by atoms with Gasteiger partial charge in [-0.25, -0.2) is 4.79 Å². The molecule has 0 aliphatic carbocycles. The summed E-state index contributed by atoms with van der Waals surface area (Å²) in [6.45, 7) is 2.34. The number of nitrogens with zero attached hydrogens (tertiary/aromatic N) is 3. The second kappa shape index (κ2) is 6.35. The van der Waals surface area contributed by atoms with Crippen LogP contribution >= 0.6 is 0 Å². The van der Waals surface area contributed by atoms with Gasteiger partial charge in [0.2, 0.25) is 0 Å². The van der Waals surface area contributed by atoms with Gasteiger partial charge in [-0.15, -0.1) is 0 Å². The van der Waals surface area contributed by atoms with Crippen molar-refractivity contribution in [1.82, 2.24) is 15.1 Å². The van der Waals surface area contributed by atoms with Crippen LogP contribution in [0.15, 0.2) is 11.8 Å². The second-order valence-corrected chi connectivity index (χ2v) is 3.80. The number of rotatable bonds is 5. The van der Waals surface area contributed by atoms with Gasteiger partial charge in [-0.1, -0.05) is 6.92 Å². The van der Waals surface area contributed by atoms with Crippen LogP contribution in [0.3, 0.4) is 0 Å². The van der Waals surface area contributed by atoms with Gasteiger partial charge in [0.05, 0.1) is 11.9 Å².